The molecule has 2 nitrogen and oxygen atoms in total. The van der Waals surface area contributed by atoms with E-state index in [-0.39, 0.29) is 10.3 Å². The Labute approximate surface area is 108 Å². The Balaban J connectivity index is 2.69. The monoisotopic (exact) mass is 270 g/mol. The second kappa shape index (κ2) is 4.59. The number of benzene rings is 1. The zero-order valence-electron chi connectivity index (χ0n) is 9.26. The first-order chi connectivity index (χ1) is 8.00. The van der Waals surface area contributed by atoms with Crippen molar-refractivity contribution in [2.24, 2.45) is 0 Å². The number of hydrogen-bond donors (Lipinski definition) is 0. The molecule has 0 bridgehead atoms. The molecule has 2 rings (SSSR count). The van der Waals surface area contributed by atoms with Gasteiger partial charge in [-0.15, -0.1) is 0 Å². The van der Waals surface area contributed by atoms with Crippen LogP contribution in [0.2, 0.25) is 10.3 Å². The van der Waals surface area contributed by atoms with Crippen molar-refractivity contribution in [1.82, 2.24) is 9.97 Å². The summed E-state index contributed by atoms with van der Waals surface area (Å²) < 4.78 is 13.2. The van der Waals surface area contributed by atoms with Gasteiger partial charge in [0.25, 0.3) is 0 Å². The molecule has 5 heteroatoms. The minimum Gasteiger partial charge on any atom is -0.213 e. The maximum atomic E-state index is 13.2. The quantitative estimate of drug-likeness (QED) is 0.726. The number of halogens is 3. The Bertz CT molecular complexity index is 541. The summed E-state index contributed by atoms with van der Waals surface area (Å²) in [5.74, 6) is -0.444. The number of aryl methyl sites for hydroxylation is 2. The van der Waals surface area contributed by atoms with Crippen LogP contribution >= 0.6 is 23.2 Å². The van der Waals surface area contributed by atoms with Gasteiger partial charge in [0.15, 0.2) is 21.9 Å². The van der Waals surface area contributed by atoms with E-state index in [9.17, 15) is 4.39 Å². The second-order valence-corrected chi connectivity index (χ2v) is 4.43. The summed E-state index contributed by atoms with van der Waals surface area (Å²) in [6.45, 7) is 3.85. The van der Waals surface area contributed by atoms with E-state index in [0.29, 0.717) is 5.82 Å². The standard InChI is InChI=1S/C12H9Cl2FN2/c1-6-4-3-5-7(2)8(6)12-16-10(13)9(15)11(14)17-12/h3-5H,1-2H3. The average Bonchev–Trinajstić information content (AvgIpc) is 2.25. The first kappa shape index (κ1) is 12.3. The number of nitrogens with zero attached hydrogens (tertiary/aromatic N) is 2. The minimum absolute atomic E-state index is 0.261. The molecule has 1 aromatic carbocycles. The molecule has 0 aliphatic heterocycles. The van der Waals surface area contributed by atoms with Gasteiger partial charge in [-0.2, -0.15) is 0 Å². The van der Waals surface area contributed by atoms with Crippen LogP contribution in [0.25, 0.3) is 11.4 Å². The maximum Gasteiger partial charge on any atom is 0.197 e. The van der Waals surface area contributed by atoms with Crippen molar-refractivity contribution >= 4 is 23.2 Å². The van der Waals surface area contributed by atoms with Crippen molar-refractivity contribution in [3.8, 4) is 11.4 Å². The third kappa shape index (κ3) is 2.26. The van der Waals surface area contributed by atoms with Crippen LogP contribution < -0.4 is 0 Å². The van der Waals surface area contributed by atoms with E-state index in [1.165, 1.54) is 0 Å². The molecule has 1 heterocycles. The van der Waals surface area contributed by atoms with Crippen molar-refractivity contribution in [2.75, 3.05) is 0 Å². The Morgan fingerprint density at radius 1 is 1.00 bits per heavy atom. The zero-order chi connectivity index (χ0) is 12.6. The molecule has 0 aliphatic rings. The predicted octanol–water partition coefficient (Wildman–Crippen LogP) is 4.21. The predicted molar refractivity (Wildman–Crippen MR) is 66.9 cm³/mol. The van der Waals surface area contributed by atoms with Gasteiger partial charge in [-0.25, -0.2) is 14.4 Å². The maximum absolute atomic E-state index is 13.2. The van der Waals surface area contributed by atoms with Crippen LogP contribution in [0.15, 0.2) is 18.2 Å². The summed E-state index contributed by atoms with van der Waals surface area (Å²) in [7, 11) is 0. The highest BCUT2D eigenvalue weighted by atomic mass is 35.5. The highest BCUT2D eigenvalue weighted by Crippen LogP contribution is 2.28. The second-order valence-electron chi connectivity index (χ2n) is 3.71. The van der Waals surface area contributed by atoms with Gasteiger partial charge in [-0.05, 0) is 25.0 Å². The Morgan fingerprint density at radius 3 is 1.94 bits per heavy atom. The molecule has 0 atom stereocenters. The van der Waals surface area contributed by atoms with Crippen molar-refractivity contribution in [3.05, 3.63) is 45.4 Å². The fourth-order valence-electron chi connectivity index (χ4n) is 1.67. The van der Waals surface area contributed by atoms with Crippen LogP contribution in [0.3, 0.4) is 0 Å². The van der Waals surface area contributed by atoms with E-state index in [0.717, 1.165) is 16.7 Å². The molecule has 0 N–H and O–H groups in total. The van der Waals surface area contributed by atoms with Gasteiger partial charge in [-0.3, -0.25) is 0 Å². The van der Waals surface area contributed by atoms with E-state index in [2.05, 4.69) is 9.97 Å². The first-order valence-electron chi connectivity index (χ1n) is 4.96. The molecule has 17 heavy (non-hydrogen) atoms. The van der Waals surface area contributed by atoms with Gasteiger partial charge in [0.2, 0.25) is 0 Å². The van der Waals surface area contributed by atoms with Gasteiger partial charge in [-0.1, -0.05) is 41.4 Å². The lowest BCUT2D eigenvalue weighted by molar-refractivity contribution is 0.615. The Kier molecular flexibility index (Phi) is 3.31. The summed E-state index contributed by atoms with van der Waals surface area (Å²) in [5, 5.41) is -0.523. The van der Waals surface area contributed by atoms with Crippen LogP contribution in [-0.2, 0) is 0 Å². The van der Waals surface area contributed by atoms with Crippen molar-refractivity contribution in [2.45, 2.75) is 13.8 Å². The van der Waals surface area contributed by atoms with Gasteiger partial charge in [0.1, 0.15) is 0 Å². The van der Waals surface area contributed by atoms with E-state index in [4.69, 9.17) is 23.2 Å². The lowest BCUT2D eigenvalue weighted by atomic mass is 10.0. The van der Waals surface area contributed by atoms with E-state index < -0.39 is 5.82 Å². The topological polar surface area (TPSA) is 25.8 Å². The Hall–Kier alpha value is -1.19. The van der Waals surface area contributed by atoms with Gasteiger partial charge < -0.3 is 0 Å². The van der Waals surface area contributed by atoms with Gasteiger partial charge in [0, 0.05) is 5.56 Å². The highest BCUT2D eigenvalue weighted by Gasteiger charge is 2.14. The van der Waals surface area contributed by atoms with Crippen LogP contribution in [0.1, 0.15) is 11.1 Å². The molecule has 1 aromatic heterocycles. The third-order valence-corrected chi connectivity index (χ3v) is 2.98. The molecule has 0 fully saturated rings. The van der Waals surface area contributed by atoms with Crippen LogP contribution in [-0.4, -0.2) is 9.97 Å². The Morgan fingerprint density at radius 2 is 1.47 bits per heavy atom. The zero-order valence-corrected chi connectivity index (χ0v) is 10.8. The van der Waals surface area contributed by atoms with E-state index in [1.54, 1.807) is 0 Å². The minimum atomic E-state index is -0.789. The molecular weight excluding hydrogens is 262 g/mol. The number of rotatable bonds is 1. The normalized spacial score (nSPS) is 10.6. The summed E-state index contributed by atoms with van der Waals surface area (Å²) in [4.78, 5) is 7.84. The van der Waals surface area contributed by atoms with Crippen LogP contribution in [0.4, 0.5) is 4.39 Å². The fraction of sp³-hybridized carbons (Fsp3) is 0.167. The lowest BCUT2D eigenvalue weighted by Crippen LogP contribution is -1.98. The molecule has 0 saturated heterocycles. The lowest BCUT2D eigenvalue weighted by Gasteiger charge is -2.09. The molecule has 0 radical (unpaired) electrons. The molecule has 0 aliphatic carbocycles. The highest BCUT2D eigenvalue weighted by molar-refractivity contribution is 6.33. The SMILES string of the molecule is Cc1cccc(C)c1-c1nc(Cl)c(F)c(Cl)n1. The number of aromatic nitrogens is 2. The van der Waals surface area contributed by atoms with Crippen molar-refractivity contribution in [3.63, 3.8) is 0 Å². The largest absolute Gasteiger partial charge is 0.213 e. The summed E-state index contributed by atoms with van der Waals surface area (Å²) >= 11 is 11.3. The molecule has 0 amide bonds. The third-order valence-electron chi connectivity index (χ3n) is 2.48. The molecule has 0 spiro atoms. The van der Waals surface area contributed by atoms with Crippen LogP contribution in [0.5, 0.6) is 0 Å². The molecule has 88 valence electrons. The van der Waals surface area contributed by atoms with Crippen molar-refractivity contribution in [1.29, 1.82) is 0 Å². The summed E-state index contributed by atoms with van der Waals surface area (Å²) in [5.41, 5.74) is 2.81. The first-order valence-corrected chi connectivity index (χ1v) is 5.71. The molecule has 0 unspecified atom stereocenters. The smallest absolute Gasteiger partial charge is 0.197 e. The van der Waals surface area contributed by atoms with Crippen LogP contribution in [0, 0.1) is 19.7 Å². The fourth-order valence-corrected chi connectivity index (χ4v) is 2.06. The average molecular weight is 271 g/mol. The van der Waals surface area contributed by atoms with Gasteiger partial charge in [0.05, 0.1) is 0 Å². The molecule has 2 aromatic rings. The summed E-state index contributed by atoms with van der Waals surface area (Å²) in [6, 6.07) is 5.79. The molecular formula is C12H9Cl2FN2. The van der Waals surface area contributed by atoms with Gasteiger partial charge >= 0.3 is 0 Å². The van der Waals surface area contributed by atoms with Crippen molar-refractivity contribution < 1.29 is 4.39 Å². The summed E-state index contributed by atoms with van der Waals surface area (Å²) in [6.07, 6.45) is 0. The molecule has 0 saturated carbocycles. The van der Waals surface area contributed by atoms with E-state index >= 15 is 0 Å². The van der Waals surface area contributed by atoms with E-state index in [1.807, 2.05) is 32.0 Å². The number of hydrogen-bond acceptors (Lipinski definition) is 2.